The highest BCUT2D eigenvalue weighted by molar-refractivity contribution is 7.26. The van der Waals surface area contributed by atoms with Crippen LogP contribution in [0.2, 0.25) is 0 Å². The molecule has 4 aromatic rings. The standard InChI is InChI=1S/C27H23N5O4S2/c1-5-36-26(35)19-13-7-27(3,4)8-17(33)21(13)38-25(19)32-23(31)15(10-29)22-18(24(32)34)12-6-16(30)14(9-28)11(2)20(12)37-22/h6H,5,7-8,30-31H2,1-4H3. The second kappa shape index (κ2) is 8.69. The van der Waals surface area contributed by atoms with Crippen LogP contribution in [0.1, 0.15) is 69.5 Å². The minimum atomic E-state index is -0.663. The lowest BCUT2D eigenvalue weighted by molar-refractivity contribution is 0.0525. The number of nitrogens with zero attached hydrogens (tertiary/aromatic N) is 3. The van der Waals surface area contributed by atoms with Gasteiger partial charge in [0, 0.05) is 16.5 Å². The third kappa shape index (κ3) is 3.51. The summed E-state index contributed by atoms with van der Waals surface area (Å²) in [6.45, 7) is 7.40. The van der Waals surface area contributed by atoms with E-state index in [0.29, 0.717) is 49.2 Å². The first-order valence-electron chi connectivity index (χ1n) is 11.8. The van der Waals surface area contributed by atoms with Gasteiger partial charge < -0.3 is 16.2 Å². The molecule has 1 aliphatic rings. The Morgan fingerprint density at radius 2 is 1.82 bits per heavy atom. The topological polar surface area (TPSA) is 165 Å². The maximum Gasteiger partial charge on any atom is 0.341 e. The SMILES string of the molecule is CCOC(=O)c1c(-n2c(N)c(C#N)c3sc4c(C)c(C#N)c(N)cc4c3c2=O)sc2c1CC(C)(C)CC2=O. The highest BCUT2D eigenvalue weighted by atomic mass is 32.1. The molecule has 0 aliphatic heterocycles. The number of aromatic nitrogens is 1. The average Bonchev–Trinajstić information content (AvgIpc) is 3.38. The smallest absolute Gasteiger partial charge is 0.341 e. The molecule has 0 radical (unpaired) electrons. The van der Waals surface area contributed by atoms with Crippen LogP contribution in [0.4, 0.5) is 11.5 Å². The van der Waals surface area contributed by atoms with Crippen molar-refractivity contribution in [2.75, 3.05) is 18.1 Å². The molecular weight excluding hydrogens is 522 g/mol. The van der Waals surface area contributed by atoms with Crippen LogP contribution in [-0.4, -0.2) is 22.9 Å². The number of nitrogen functional groups attached to an aromatic ring is 2. The molecule has 38 heavy (non-hydrogen) atoms. The van der Waals surface area contributed by atoms with Gasteiger partial charge in [0.15, 0.2) is 5.78 Å². The fraction of sp³-hybridized carbons (Fsp3) is 0.296. The first-order valence-corrected chi connectivity index (χ1v) is 13.4. The van der Waals surface area contributed by atoms with Crippen molar-refractivity contribution in [3.05, 3.63) is 49.1 Å². The van der Waals surface area contributed by atoms with E-state index < -0.39 is 11.5 Å². The summed E-state index contributed by atoms with van der Waals surface area (Å²) in [5, 5.41) is 20.5. The van der Waals surface area contributed by atoms with Crippen LogP contribution in [0, 0.1) is 35.0 Å². The van der Waals surface area contributed by atoms with Gasteiger partial charge in [0.05, 0.1) is 38.4 Å². The van der Waals surface area contributed by atoms with Gasteiger partial charge in [-0.05, 0) is 42.9 Å². The number of rotatable bonds is 3. The molecule has 0 saturated heterocycles. The van der Waals surface area contributed by atoms with Crippen molar-refractivity contribution in [1.29, 1.82) is 10.5 Å². The molecule has 0 saturated carbocycles. The van der Waals surface area contributed by atoms with Crippen LogP contribution >= 0.6 is 22.7 Å². The maximum absolute atomic E-state index is 14.2. The Bertz CT molecular complexity index is 1880. The second-order valence-electron chi connectivity index (χ2n) is 10.0. The zero-order valence-corrected chi connectivity index (χ0v) is 22.8. The summed E-state index contributed by atoms with van der Waals surface area (Å²) in [7, 11) is 0. The van der Waals surface area contributed by atoms with Crippen molar-refractivity contribution in [3.63, 3.8) is 0 Å². The largest absolute Gasteiger partial charge is 0.462 e. The molecular formula is C27H23N5O4S2. The molecule has 0 unspecified atom stereocenters. The number of hydrogen-bond donors (Lipinski definition) is 2. The van der Waals surface area contributed by atoms with E-state index in [0.717, 1.165) is 15.9 Å². The van der Waals surface area contributed by atoms with Crippen molar-refractivity contribution in [3.8, 4) is 17.1 Å². The number of carbonyl (C=O) groups excluding carboxylic acids is 2. The lowest BCUT2D eigenvalue weighted by atomic mass is 9.75. The van der Waals surface area contributed by atoms with E-state index in [4.69, 9.17) is 16.2 Å². The molecule has 0 spiro atoms. The van der Waals surface area contributed by atoms with E-state index in [9.17, 15) is 24.9 Å². The number of nitriles is 2. The number of fused-ring (bicyclic) bond motifs is 4. The Morgan fingerprint density at radius 1 is 1.13 bits per heavy atom. The van der Waals surface area contributed by atoms with Gasteiger partial charge in [-0.2, -0.15) is 10.5 Å². The molecule has 3 heterocycles. The van der Waals surface area contributed by atoms with Gasteiger partial charge in [-0.15, -0.1) is 22.7 Å². The predicted molar refractivity (Wildman–Crippen MR) is 148 cm³/mol. The van der Waals surface area contributed by atoms with Crippen LogP contribution in [0.5, 0.6) is 0 Å². The van der Waals surface area contributed by atoms with E-state index in [1.807, 2.05) is 13.8 Å². The van der Waals surface area contributed by atoms with E-state index in [-0.39, 0.29) is 50.8 Å². The van der Waals surface area contributed by atoms with Crippen molar-refractivity contribution in [2.45, 2.75) is 40.5 Å². The molecule has 0 amide bonds. The maximum atomic E-state index is 14.2. The lowest BCUT2D eigenvalue weighted by Gasteiger charge is -2.28. The summed E-state index contributed by atoms with van der Waals surface area (Å²) >= 11 is 2.20. The van der Waals surface area contributed by atoms with E-state index in [2.05, 4.69) is 12.1 Å². The molecule has 0 fully saturated rings. The van der Waals surface area contributed by atoms with Gasteiger partial charge in [0.25, 0.3) is 5.56 Å². The summed E-state index contributed by atoms with van der Waals surface area (Å²) in [6, 6.07) is 5.75. The minimum Gasteiger partial charge on any atom is -0.462 e. The van der Waals surface area contributed by atoms with Gasteiger partial charge in [-0.25, -0.2) is 4.79 Å². The normalized spacial score (nSPS) is 14.3. The molecule has 0 atom stereocenters. The number of benzene rings is 1. The molecule has 4 N–H and O–H groups in total. The van der Waals surface area contributed by atoms with Crippen molar-refractivity contribution in [1.82, 2.24) is 4.57 Å². The first-order chi connectivity index (χ1) is 17.9. The number of ketones is 1. The Hall–Kier alpha value is -4.19. The molecule has 3 aromatic heterocycles. The number of hydrogen-bond acceptors (Lipinski definition) is 10. The number of ether oxygens (including phenoxy) is 1. The predicted octanol–water partition coefficient (Wildman–Crippen LogP) is 4.81. The molecule has 9 nitrogen and oxygen atoms in total. The molecule has 5 rings (SSSR count). The number of carbonyl (C=O) groups is 2. The molecule has 11 heteroatoms. The third-order valence-electron chi connectivity index (χ3n) is 6.83. The second-order valence-corrected chi connectivity index (χ2v) is 12.0. The van der Waals surface area contributed by atoms with Crippen molar-refractivity contribution in [2.24, 2.45) is 5.41 Å². The number of nitrogens with two attached hydrogens (primary N) is 2. The lowest BCUT2D eigenvalue weighted by Crippen LogP contribution is -2.27. The van der Waals surface area contributed by atoms with Gasteiger partial charge >= 0.3 is 5.97 Å². The molecule has 1 aliphatic carbocycles. The average molecular weight is 546 g/mol. The van der Waals surface area contributed by atoms with Crippen LogP contribution in [0.3, 0.4) is 0 Å². The van der Waals surface area contributed by atoms with Crippen LogP contribution in [0.15, 0.2) is 10.9 Å². The first kappa shape index (κ1) is 25.5. The zero-order chi connectivity index (χ0) is 27.7. The summed E-state index contributed by atoms with van der Waals surface area (Å²) in [5.74, 6) is -0.928. The van der Waals surface area contributed by atoms with E-state index in [1.165, 1.54) is 11.3 Å². The van der Waals surface area contributed by atoms with Crippen molar-refractivity contribution >= 4 is 66.1 Å². The molecule has 192 valence electrons. The van der Waals surface area contributed by atoms with Crippen LogP contribution < -0.4 is 17.0 Å². The number of pyridine rings is 1. The summed E-state index contributed by atoms with van der Waals surface area (Å²) in [4.78, 5) is 40.9. The van der Waals surface area contributed by atoms with Crippen LogP contribution in [-0.2, 0) is 11.2 Å². The fourth-order valence-corrected chi connectivity index (χ4v) is 7.73. The summed E-state index contributed by atoms with van der Waals surface area (Å²) in [6.07, 6.45) is 0.735. The van der Waals surface area contributed by atoms with Gasteiger partial charge in [-0.3, -0.25) is 14.2 Å². The van der Waals surface area contributed by atoms with Crippen molar-refractivity contribution < 1.29 is 14.3 Å². The zero-order valence-electron chi connectivity index (χ0n) is 21.1. The van der Waals surface area contributed by atoms with Gasteiger partial charge in [-0.1, -0.05) is 13.8 Å². The third-order valence-corrected chi connectivity index (χ3v) is 9.43. The fourth-order valence-electron chi connectivity index (χ4n) is 5.19. The number of Topliss-reactive ketones (excluding diaryl/α,β-unsaturated/α-hetero) is 1. The van der Waals surface area contributed by atoms with Gasteiger partial charge in [0.1, 0.15) is 28.5 Å². The number of aryl methyl sites for hydroxylation is 1. The Labute approximate surface area is 225 Å². The van der Waals surface area contributed by atoms with Gasteiger partial charge in [0.2, 0.25) is 0 Å². The summed E-state index contributed by atoms with van der Waals surface area (Å²) in [5.41, 5.74) is 13.5. The Morgan fingerprint density at radius 3 is 2.45 bits per heavy atom. The van der Waals surface area contributed by atoms with E-state index >= 15 is 0 Å². The monoisotopic (exact) mass is 545 g/mol. The Balaban J connectivity index is 1.95. The highest BCUT2D eigenvalue weighted by Crippen LogP contribution is 2.45. The minimum absolute atomic E-state index is 0.0603. The van der Waals surface area contributed by atoms with E-state index in [1.54, 1.807) is 19.9 Å². The molecule has 1 aromatic carbocycles. The number of thiophene rings is 2. The van der Waals surface area contributed by atoms with Crippen LogP contribution in [0.25, 0.3) is 25.2 Å². The molecule has 0 bridgehead atoms. The number of anilines is 2. The Kier molecular flexibility index (Phi) is 5.82. The highest BCUT2D eigenvalue weighted by Gasteiger charge is 2.39. The summed E-state index contributed by atoms with van der Waals surface area (Å²) < 4.78 is 7.50. The quantitative estimate of drug-likeness (QED) is 0.273. The number of esters is 1.